The predicted octanol–water partition coefficient (Wildman–Crippen LogP) is 1.85. The number of primary amides is 1. The quantitative estimate of drug-likeness (QED) is 0.431. The highest BCUT2D eigenvalue weighted by Crippen LogP contribution is 2.28. The van der Waals surface area contributed by atoms with Crippen LogP contribution >= 0.6 is 0 Å². The number of nitro benzene ring substituents is 1. The standard InChI is InChI=1S/C19H20N4O6/c1-2-29-16-8-7-12(11-15(16)23(27)28)18(25)22-14-6-4-3-5-13(14)19(26)21-10-9-17(20)24/h3-8,11H,2,9-10H2,1H3,(H2,20,24)(H,21,26)(H,22,25). The molecule has 152 valence electrons. The SMILES string of the molecule is CCOc1ccc(C(=O)Nc2ccccc2C(=O)NCCC(N)=O)cc1[N+](=O)[O-]. The van der Waals surface area contributed by atoms with E-state index in [0.717, 1.165) is 6.07 Å². The van der Waals surface area contributed by atoms with Gasteiger partial charge in [0, 0.05) is 24.6 Å². The molecule has 0 bridgehead atoms. The van der Waals surface area contributed by atoms with E-state index in [1.54, 1.807) is 19.1 Å². The number of carbonyl (C=O) groups excluding carboxylic acids is 3. The second-order valence-corrected chi connectivity index (χ2v) is 5.84. The van der Waals surface area contributed by atoms with Gasteiger partial charge in [0.1, 0.15) is 0 Å². The Morgan fingerprint density at radius 2 is 1.86 bits per heavy atom. The average Bonchev–Trinajstić information content (AvgIpc) is 2.68. The van der Waals surface area contributed by atoms with Crippen molar-refractivity contribution in [2.24, 2.45) is 5.73 Å². The molecule has 0 aliphatic rings. The van der Waals surface area contributed by atoms with Gasteiger partial charge < -0.3 is 21.1 Å². The zero-order valence-corrected chi connectivity index (χ0v) is 15.6. The van der Waals surface area contributed by atoms with Crippen LogP contribution < -0.4 is 21.1 Å². The highest BCUT2D eigenvalue weighted by atomic mass is 16.6. The molecule has 0 aromatic heterocycles. The number of anilines is 1. The topological polar surface area (TPSA) is 154 Å². The van der Waals surface area contributed by atoms with Crippen molar-refractivity contribution in [3.05, 3.63) is 63.7 Å². The molecule has 0 saturated carbocycles. The molecule has 29 heavy (non-hydrogen) atoms. The van der Waals surface area contributed by atoms with Crippen molar-refractivity contribution < 1.29 is 24.0 Å². The summed E-state index contributed by atoms with van der Waals surface area (Å²) in [7, 11) is 0. The molecule has 4 N–H and O–H groups in total. The van der Waals surface area contributed by atoms with Crippen LogP contribution in [0.2, 0.25) is 0 Å². The Morgan fingerprint density at radius 1 is 1.14 bits per heavy atom. The van der Waals surface area contributed by atoms with Crippen molar-refractivity contribution in [3.63, 3.8) is 0 Å². The molecule has 0 aliphatic heterocycles. The third-order valence-electron chi connectivity index (χ3n) is 3.79. The number of hydrogen-bond acceptors (Lipinski definition) is 6. The highest BCUT2D eigenvalue weighted by molar-refractivity contribution is 6.09. The fourth-order valence-corrected chi connectivity index (χ4v) is 2.46. The maximum atomic E-state index is 12.6. The van der Waals surface area contributed by atoms with E-state index in [1.807, 2.05) is 0 Å². The van der Waals surface area contributed by atoms with Gasteiger partial charge in [0.2, 0.25) is 5.91 Å². The molecule has 0 spiro atoms. The number of nitro groups is 1. The molecule has 3 amide bonds. The summed E-state index contributed by atoms with van der Waals surface area (Å²) in [5, 5.41) is 16.3. The lowest BCUT2D eigenvalue weighted by atomic mass is 10.1. The first-order valence-corrected chi connectivity index (χ1v) is 8.71. The summed E-state index contributed by atoms with van der Waals surface area (Å²) in [5.41, 5.74) is 5.12. The second-order valence-electron chi connectivity index (χ2n) is 5.84. The molecule has 10 heteroatoms. The van der Waals surface area contributed by atoms with E-state index >= 15 is 0 Å². The van der Waals surface area contributed by atoms with Crippen LogP contribution in [0.5, 0.6) is 5.75 Å². The number of ether oxygens (including phenoxy) is 1. The fraction of sp³-hybridized carbons (Fsp3) is 0.211. The van der Waals surface area contributed by atoms with Gasteiger partial charge in [-0.05, 0) is 31.2 Å². The van der Waals surface area contributed by atoms with E-state index in [9.17, 15) is 24.5 Å². The first-order valence-electron chi connectivity index (χ1n) is 8.71. The fourth-order valence-electron chi connectivity index (χ4n) is 2.46. The van der Waals surface area contributed by atoms with Crippen molar-refractivity contribution in [1.29, 1.82) is 0 Å². The lowest BCUT2D eigenvalue weighted by molar-refractivity contribution is -0.385. The van der Waals surface area contributed by atoms with Crippen molar-refractivity contribution in [1.82, 2.24) is 5.32 Å². The normalized spacial score (nSPS) is 10.1. The van der Waals surface area contributed by atoms with Crippen LogP contribution in [0.3, 0.4) is 0 Å². The predicted molar refractivity (Wildman–Crippen MR) is 105 cm³/mol. The van der Waals surface area contributed by atoms with E-state index in [0.29, 0.717) is 0 Å². The lowest BCUT2D eigenvalue weighted by Gasteiger charge is -2.12. The zero-order chi connectivity index (χ0) is 21.4. The van der Waals surface area contributed by atoms with Gasteiger partial charge in [-0.25, -0.2) is 0 Å². The molecule has 0 unspecified atom stereocenters. The van der Waals surface area contributed by atoms with Gasteiger partial charge in [0.15, 0.2) is 5.75 Å². The molecule has 0 saturated heterocycles. The van der Waals surface area contributed by atoms with Gasteiger partial charge in [-0.2, -0.15) is 0 Å². The van der Waals surface area contributed by atoms with E-state index in [2.05, 4.69) is 10.6 Å². The molecular formula is C19H20N4O6. The number of carbonyl (C=O) groups is 3. The number of amides is 3. The van der Waals surface area contributed by atoms with Crippen LogP contribution in [0.1, 0.15) is 34.1 Å². The van der Waals surface area contributed by atoms with E-state index in [-0.39, 0.29) is 47.8 Å². The second kappa shape index (κ2) is 9.83. The Kier molecular flexibility index (Phi) is 7.24. The molecule has 2 aromatic carbocycles. The zero-order valence-electron chi connectivity index (χ0n) is 15.6. The van der Waals surface area contributed by atoms with Crippen molar-refractivity contribution in [3.8, 4) is 5.75 Å². The minimum atomic E-state index is -0.637. The van der Waals surface area contributed by atoms with Crippen LogP contribution in [0.4, 0.5) is 11.4 Å². The highest BCUT2D eigenvalue weighted by Gasteiger charge is 2.20. The molecule has 2 rings (SSSR count). The molecule has 10 nitrogen and oxygen atoms in total. The Bertz CT molecular complexity index is 944. The van der Waals surface area contributed by atoms with Gasteiger partial charge in [0.05, 0.1) is 22.8 Å². The Labute approximate surface area is 166 Å². The summed E-state index contributed by atoms with van der Waals surface area (Å²) < 4.78 is 5.20. The largest absolute Gasteiger partial charge is 0.487 e. The molecule has 0 radical (unpaired) electrons. The van der Waals surface area contributed by atoms with Gasteiger partial charge in [-0.1, -0.05) is 12.1 Å². The Morgan fingerprint density at radius 3 is 2.52 bits per heavy atom. The van der Waals surface area contributed by atoms with Gasteiger partial charge in [-0.3, -0.25) is 24.5 Å². The summed E-state index contributed by atoms with van der Waals surface area (Å²) in [6.45, 7) is 1.99. The Balaban J connectivity index is 2.21. The van der Waals surface area contributed by atoms with Crippen LogP contribution in [0.15, 0.2) is 42.5 Å². The molecule has 0 atom stereocenters. The summed E-state index contributed by atoms with van der Waals surface area (Å²) in [6.07, 6.45) is -0.0177. The molecule has 2 aromatic rings. The summed E-state index contributed by atoms with van der Waals surface area (Å²) in [5.74, 6) is -1.62. The number of hydrogen-bond donors (Lipinski definition) is 3. The van der Waals surface area contributed by atoms with E-state index < -0.39 is 22.6 Å². The smallest absolute Gasteiger partial charge is 0.311 e. The lowest BCUT2D eigenvalue weighted by Crippen LogP contribution is -2.28. The molecule has 0 heterocycles. The molecule has 0 fully saturated rings. The minimum absolute atomic E-state index is 0.0177. The number of nitrogens with one attached hydrogen (secondary N) is 2. The first-order chi connectivity index (χ1) is 13.8. The number of rotatable bonds is 9. The van der Waals surface area contributed by atoms with Gasteiger partial charge >= 0.3 is 5.69 Å². The molecule has 0 aliphatic carbocycles. The van der Waals surface area contributed by atoms with E-state index in [1.165, 1.54) is 24.3 Å². The first kappa shape index (κ1) is 21.4. The number of benzene rings is 2. The molecular weight excluding hydrogens is 380 g/mol. The third-order valence-corrected chi connectivity index (χ3v) is 3.79. The summed E-state index contributed by atoms with van der Waals surface area (Å²) >= 11 is 0. The summed E-state index contributed by atoms with van der Waals surface area (Å²) in [6, 6.07) is 10.1. The number of para-hydroxylation sites is 1. The maximum absolute atomic E-state index is 12.6. The van der Waals surface area contributed by atoms with Crippen molar-refractivity contribution in [2.45, 2.75) is 13.3 Å². The third kappa shape index (κ3) is 5.76. The average molecular weight is 400 g/mol. The number of nitrogens with zero attached hydrogens (tertiary/aromatic N) is 1. The Hall–Kier alpha value is -3.95. The van der Waals surface area contributed by atoms with Crippen LogP contribution in [0, 0.1) is 10.1 Å². The summed E-state index contributed by atoms with van der Waals surface area (Å²) in [4.78, 5) is 46.2. The van der Waals surface area contributed by atoms with Crippen LogP contribution in [-0.2, 0) is 4.79 Å². The monoisotopic (exact) mass is 400 g/mol. The van der Waals surface area contributed by atoms with Gasteiger partial charge in [0.25, 0.3) is 11.8 Å². The van der Waals surface area contributed by atoms with Gasteiger partial charge in [-0.15, -0.1) is 0 Å². The van der Waals surface area contributed by atoms with Crippen LogP contribution in [-0.4, -0.2) is 35.8 Å². The number of nitrogens with two attached hydrogens (primary N) is 1. The maximum Gasteiger partial charge on any atom is 0.311 e. The van der Waals surface area contributed by atoms with Crippen LogP contribution in [0.25, 0.3) is 0 Å². The van der Waals surface area contributed by atoms with Crippen molar-refractivity contribution >= 4 is 29.1 Å². The van der Waals surface area contributed by atoms with Crippen molar-refractivity contribution in [2.75, 3.05) is 18.5 Å². The minimum Gasteiger partial charge on any atom is -0.487 e. The van der Waals surface area contributed by atoms with E-state index in [4.69, 9.17) is 10.5 Å².